The number of rotatable bonds is 12. The Kier molecular flexibility index (Phi) is 17.7. The van der Waals surface area contributed by atoms with E-state index < -0.39 is 26.0 Å². The Morgan fingerprint density at radius 1 is 0.375 bits per heavy atom. The normalized spacial score (nSPS) is 11.0. The first-order valence-electron chi connectivity index (χ1n) is 22.1. The molecular formula is C56H60N2O4Si2. The molecule has 4 aromatic carbocycles. The van der Waals surface area contributed by atoms with E-state index in [1.54, 1.807) is 24.3 Å². The van der Waals surface area contributed by atoms with Gasteiger partial charge >= 0.3 is 0 Å². The minimum atomic E-state index is -2.18. The zero-order chi connectivity index (χ0) is 47.2. The standard InChI is InChI=1S/C56H60N2O4Si2/c1-41(2)63(42(3)4,43(5)6)39-37-53(51-29-33-55(34-30-51)57(59)60)27-25-49(47-19-15-13-16-20-47)23-24-50(48-21-17-14-18-22-48)26-28-54(52-31-35-56(36-32-52)58(61)62)38-40-64(44(7)8,45(9)10)46(11)12/h13-22,29-36,41-46H,1-12H3. The van der Waals surface area contributed by atoms with Crippen LogP contribution in [0.3, 0.4) is 0 Å². The fourth-order valence-corrected chi connectivity index (χ4v) is 19.4. The van der Waals surface area contributed by atoms with Gasteiger partial charge in [-0.1, -0.05) is 190 Å². The van der Waals surface area contributed by atoms with Crippen molar-refractivity contribution in [1.29, 1.82) is 0 Å². The van der Waals surface area contributed by atoms with Crippen LogP contribution in [0.5, 0.6) is 0 Å². The van der Waals surface area contributed by atoms with Crippen LogP contribution in [0.1, 0.15) is 105 Å². The molecule has 4 rings (SSSR count). The van der Waals surface area contributed by atoms with Gasteiger partial charge in [0.15, 0.2) is 0 Å². The second-order valence-corrected chi connectivity index (χ2v) is 29.0. The van der Waals surface area contributed by atoms with Crippen LogP contribution in [0.25, 0.3) is 22.3 Å². The third-order valence-corrected chi connectivity index (χ3v) is 24.9. The number of nitrogens with zero attached hydrogens (tertiary/aromatic N) is 2. The Bertz CT molecular complexity index is 2490. The largest absolute Gasteiger partial charge is 0.269 e. The van der Waals surface area contributed by atoms with Gasteiger partial charge in [0.25, 0.3) is 11.4 Å². The van der Waals surface area contributed by atoms with Crippen molar-refractivity contribution in [3.63, 3.8) is 0 Å². The fourth-order valence-electron chi connectivity index (χ4n) is 8.99. The summed E-state index contributed by atoms with van der Waals surface area (Å²) in [7, 11) is -4.35. The molecule has 0 aliphatic rings. The third-order valence-electron chi connectivity index (χ3n) is 12.3. The van der Waals surface area contributed by atoms with Gasteiger partial charge in [-0.25, -0.2) is 0 Å². The molecular weight excluding hydrogens is 821 g/mol. The number of hydrogen-bond acceptors (Lipinski definition) is 4. The maximum atomic E-state index is 11.6. The SMILES string of the molecule is CC(C)[Si](C#CC(=C=C=C(C#CC(=C=C=C(C#C[Si](C(C)C)(C(C)C)C(C)C)c1ccc([N+](=O)[O-])cc1)c1ccccc1)c1ccccc1)c1ccc([N+](=O)[O-])cc1)(C(C)C)C(C)C. The van der Waals surface area contributed by atoms with Gasteiger partial charge in [-0.05, 0) is 79.8 Å². The lowest BCUT2D eigenvalue weighted by molar-refractivity contribution is -0.385. The molecule has 0 unspecified atom stereocenters. The number of non-ortho nitro benzene ring substituents is 2. The fraction of sp³-hybridized carbons (Fsp3) is 0.321. The summed E-state index contributed by atoms with van der Waals surface area (Å²) in [5.74, 6) is 13.8. The Hall–Kier alpha value is -6.61. The smallest absolute Gasteiger partial charge is 0.258 e. The zero-order valence-corrected chi connectivity index (χ0v) is 41.4. The first-order valence-corrected chi connectivity index (χ1v) is 26.5. The molecule has 0 N–H and O–H groups in total. The number of nitro groups is 2. The molecule has 0 saturated carbocycles. The Morgan fingerprint density at radius 2 is 0.609 bits per heavy atom. The molecule has 0 saturated heterocycles. The van der Waals surface area contributed by atoms with Crippen molar-refractivity contribution in [2.24, 2.45) is 0 Å². The van der Waals surface area contributed by atoms with Crippen molar-refractivity contribution in [2.45, 2.75) is 116 Å². The highest BCUT2D eigenvalue weighted by Crippen LogP contribution is 2.42. The average Bonchev–Trinajstić information content (AvgIpc) is 3.26. The first kappa shape index (κ1) is 50.0. The molecule has 0 radical (unpaired) electrons. The lowest BCUT2D eigenvalue weighted by Gasteiger charge is -2.38. The highest BCUT2D eigenvalue weighted by Gasteiger charge is 2.42. The van der Waals surface area contributed by atoms with E-state index in [1.807, 2.05) is 60.7 Å². The summed E-state index contributed by atoms with van der Waals surface area (Å²) < 4.78 is 0. The van der Waals surface area contributed by atoms with Crippen molar-refractivity contribution in [1.82, 2.24) is 0 Å². The van der Waals surface area contributed by atoms with Crippen LogP contribution in [0, 0.1) is 55.0 Å². The molecule has 326 valence electrons. The predicted octanol–water partition coefficient (Wildman–Crippen LogP) is 15.1. The van der Waals surface area contributed by atoms with Crippen molar-refractivity contribution < 1.29 is 9.85 Å². The molecule has 0 atom stereocenters. The van der Waals surface area contributed by atoms with E-state index >= 15 is 0 Å². The summed E-state index contributed by atoms with van der Waals surface area (Å²) in [6.45, 7) is 27.1. The lowest BCUT2D eigenvalue weighted by Crippen LogP contribution is -2.43. The number of allylic oxidation sites excluding steroid dienone is 4. The highest BCUT2D eigenvalue weighted by atomic mass is 28.3. The van der Waals surface area contributed by atoms with E-state index in [-0.39, 0.29) is 11.4 Å². The minimum Gasteiger partial charge on any atom is -0.258 e. The van der Waals surface area contributed by atoms with Crippen molar-refractivity contribution in [3.05, 3.63) is 175 Å². The monoisotopic (exact) mass is 880 g/mol. The quantitative estimate of drug-likeness (QED) is 0.0466. The zero-order valence-electron chi connectivity index (χ0n) is 39.4. The van der Waals surface area contributed by atoms with Crippen LogP contribution in [0.4, 0.5) is 11.4 Å². The van der Waals surface area contributed by atoms with Gasteiger partial charge in [-0.15, -0.1) is 11.1 Å². The summed E-state index contributed by atoms with van der Waals surface area (Å²) in [6.07, 6.45) is 0. The third kappa shape index (κ3) is 12.1. The van der Waals surface area contributed by atoms with Gasteiger partial charge in [0.2, 0.25) is 0 Å². The van der Waals surface area contributed by atoms with Gasteiger partial charge in [0, 0.05) is 24.3 Å². The molecule has 0 bridgehead atoms. The minimum absolute atomic E-state index is 0.00657. The Morgan fingerprint density at radius 3 is 0.844 bits per heavy atom. The second-order valence-electron chi connectivity index (χ2n) is 17.9. The summed E-state index contributed by atoms with van der Waals surface area (Å²) in [4.78, 5) is 22.4. The van der Waals surface area contributed by atoms with E-state index in [9.17, 15) is 20.2 Å². The summed E-state index contributed by atoms with van der Waals surface area (Å²) in [5, 5.41) is 23.2. The Balaban J connectivity index is 2.18. The maximum Gasteiger partial charge on any atom is 0.269 e. The molecule has 6 nitrogen and oxygen atoms in total. The molecule has 0 amide bonds. The first-order chi connectivity index (χ1) is 30.3. The van der Waals surface area contributed by atoms with E-state index in [1.165, 1.54) is 24.3 Å². The molecule has 4 aromatic rings. The number of hydrogen-bond donors (Lipinski definition) is 0. The molecule has 0 heterocycles. The molecule has 64 heavy (non-hydrogen) atoms. The molecule has 0 spiro atoms. The van der Waals surface area contributed by atoms with Crippen LogP contribution in [0.15, 0.2) is 132 Å². The molecule has 0 fully saturated rings. The van der Waals surface area contributed by atoms with Crippen LogP contribution in [-0.2, 0) is 0 Å². The van der Waals surface area contributed by atoms with Crippen molar-refractivity contribution >= 4 is 49.8 Å². The van der Waals surface area contributed by atoms with E-state index in [0.717, 1.165) is 11.1 Å². The molecule has 0 aromatic heterocycles. The van der Waals surface area contributed by atoms with Gasteiger partial charge in [-0.2, -0.15) is 0 Å². The topological polar surface area (TPSA) is 86.3 Å². The van der Waals surface area contributed by atoms with Gasteiger partial charge in [0.05, 0.1) is 32.1 Å². The van der Waals surface area contributed by atoms with Crippen LogP contribution in [0.2, 0.25) is 33.2 Å². The summed E-state index contributed by atoms with van der Waals surface area (Å²) >= 11 is 0. The van der Waals surface area contributed by atoms with Gasteiger partial charge in [0.1, 0.15) is 16.1 Å². The Labute approximate surface area is 383 Å². The number of nitro benzene ring substituents is 2. The van der Waals surface area contributed by atoms with Gasteiger partial charge < -0.3 is 0 Å². The van der Waals surface area contributed by atoms with Crippen LogP contribution in [-0.4, -0.2) is 26.0 Å². The summed E-state index contributed by atoms with van der Waals surface area (Å²) in [6, 6.07) is 32.3. The maximum absolute atomic E-state index is 11.6. The average molecular weight is 881 g/mol. The van der Waals surface area contributed by atoms with Crippen LogP contribution >= 0.6 is 0 Å². The molecule has 0 aliphatic heterocycles. The van der Waals surface area contributed by atoms with Crippen molar-refractivity contribution in [2.75, 3.05) is 0 Å². The van der Waals surface area contributed by atoms with Crippen LogP contribution < -0.4 is 0 Å². The van der Waals surface area contributed by atoms with E-state index in [2.05, 4.69) is 141 Å². The van der Waals surface area contributed by atoms with Gasteiger partial charge in [-0.3, -0.25) is 20.2 Å². The molecule has 8 heteroatoms. The predicted molar refractivity (Wildman–Crippen MR) is 272 cm³/mol. The molecule has 0 aliphatic carbocycles. The summed E-state index contributed by atoms with van der Waals surface area (Å²) in [5.41, 5.74) is 28.7. The number of benzene rings is 4. The highest BCUT2D eigenvalue weighted by molar-refractivity contribution is 6.91. The second kappa shape index (κ2) is 22.7. The van der Waals surface area contributed by atoms with Crippen molar-refractivity contribution in [3.8, 4) is 34.8 Å². The van der Waals surface area contributed by atoms with E-state index in [0.29, 0.717) is 66.7 Å². The lowest BCUT2D eigenvalue weighted by atomic mass is 10.0. The van der Waals surface area contributed by atoms with E-state index in [4.69, 9.17) is 0 Å².